The molecule has 0 unspecified atom stereocenters. The van der Waals surface area contributed by atoms with E-state index in [0.717, 1.165) is 17.7 Å². The average molecular weight is 344 g/mol. The van der Waals surface area contributed by atoms with Crippen molar-refractivity contribution in [2.45, 2.75) is 45.4 Å². The van der Waals surface area contributed by atoms with Gasteiger partial charge in [-0.15, -0.1) is 0 Å². The van der Waals surface area contributed by atoms with Gasteiger partial charge in [0.1, 0.15) is 11.6 Å². The van der Waals surface area contributed by atoms with Crippen molar-refractivity contribution in [1.29, 1.82) is 0 Å². The van der Waals surface area contributed by atoms with Gasteiger partial charge < -0.3 is 14.8 Å². The zero-order chi connectivity index (χ0) is 18.1. The number of hydrogen-bond donors (Lipinski definition) is 2. The van der Waals surface area contributed by atoms with Gasteiger partial charge in [0.25, 0.3) is 0 Å². The summed E-state index contributed by atoms with van der Waals surface area (Å²) in [5, 5.41) is 18.1. The summed E-state index contributed by atoms with van der Waals surface area (Å²) < 4.78 is 19.6. The van der Waals surface area contributed by atoms with Crippen molar-refractivity contribution in [1.82, 2.24) is 0 Å². The molecule has 0 aliphatic heterocycles. The summed E-state index contributed by atoms with van der Waals surface area (Å²) in [7, 11) is -1.80. The molecule has 2 aromatic carbocycles. The molecule has 0 heterocycles. The molecule has 3 nitrogen and oxygen atoms in total. The molecule has 0 aliphatic carbocycles. The fraction of sp³-hybridized carbons (Fsp3) is 0.400. The number of hydrogen-bond acceptors (Lipinski definition) is 3. The van der Waals surface area contributed by atoms with Crippen molar-refractivity contribution < 1.29 is 19.2 Å². The molecule has 0 atom stereocenters. The minimum absolute atomic E-state index is 0.123. The third kappa shape index (κ3) is 6.18. The first-order chi connectivity index (χ1) is 12.1. The predicted octanol–water partition coefficient (Wildman–Crippen LogP) is 3.91. The van der Waals surface area contributed by atoms with Crippen molar-refractivity contribution in [2.24, 2.45) is 0 Å². The molecule has 0 aromatic heterocycles. The van der Waals surface area contributed by atoms with Crippen LogP contribution < -0.4 is 10.2 Å². The van der Waals surface area contributed by atoms with Crippen molar-refractivity contribution in [3.63, 3.8) is 0 Å². The molecule has 25 heavy (non-hydrogen) atoms. The summed E-state index contributed by atoms with van der Waals surface area (Å²) in [5.74, 6) is 0.177. The first-order valence-electron chi connectivity index (χ1n) is 9.00. The van der Waals surface area contributed by atoms with Crippen LogP contribution in [-0.4, -0.2) is 23.8 Å². The maximum absolute atomic E-state index is 13.8. The molecular formula is C20H26BFO3. The topological polar surface area (TPSA) is 49.7 Å². The van der Waals surface area contributed by atoms with Crippen LogP contribution in [0.25, 0.3) is 11.1 Å². The Hall–Kier alpha value is -1.85. The van der Waals surface area contributed by atoms with E-state index in [1.165, 1.54) is 44.2 Å². The molecule has 0 aliphatic rings. The lowest BCUT2D eigenvalue weighted by Gasteiger charge is -2.09. The van der Waals surface area contributed by atoms with Gasteiger partial charge in [0, 0.05) is 5.46 Å². The summed E-state index contributed by atoms with van der Waals surface area (Å²) in [4.78, 5) is 0. The molecular weight excluding hydrogens is 318 g/mol. The Balaban J connectivity index is 1.84. The molecule has 0 radical (unpaired) electrons. The van der Waals surface area contributed by atoms with Gasteiger partial charge in [-0.3, -0.25) is 0 Å². The normalized spacial score (nSPS) is 10.7. The Bertz CT molecular complexity index is 644. The summed E-state index contributed by atoms with van der Waals surface area (Å²) in [6, 6.07) is 11.9. The van der Waals surface area contributed by atoms with Crippen LogP contribution in [0, 0.1) is 5.82 Å². The molecule has 134 valence electrons. The standard InChI is InChI=1S/C20H26BFO3/c1-2-3-4-5-6-7-14-25-18-11-8-16(9-12-18)17-10-13-19(21(23)24)20(22)15-17/h8-13,15,23-24H,2-7,14H2,1H3. The Morgan fingerprint density at radius 1 is 0.880 bits per heavy atom. The van der Waals surface area contributed by atoms with Crippen LogP contribution in [0.2, 0.25) is 0 Å². The molecule has 2 N–H and O–H groups in total. The second-order valence-corrected chi connectivity index (χ2v) is 6.25. The van der Waals surface area contributed by atoms with E-state index in [1.807, 2.05) is 24.3 Å². The maximum atomic E-state index is 13.8. The highest BCUT2D eigenvalue weighted by molar-refractivity contribution is 6.58. The van der Waals surface area contributed by atoms with Crippen molar-refractivity contribution in [2.75, 3.05) is 6.61 Å². The summed E-state index contributed by atoms with van der Waals surface area (Å²) in [6.07, 6.45) is 7.38. The first kappa shape index (κ1) is 19.5. The highest BCUT2D eigenvalue weighted by Crippen LogP contribution is 2.23. The quantitative estimate of drug-likeness (QED) is 0.507. The second-order valence-electron chi connectivity index (χ2n) is 6.25. The van der Waals surface area contributed by atoms with Crippen molar-refractivity contribution >= 4 is 12.6 Å². The smallest absolute Gasteiger partial charge is 0.491 e. The van der Waals surface area contributed by atoms with Crippen molar-refractivity contribution in [3.05, 3.63) is 48.3 Å². The predicted molar refractivity (Wildman–Crippen MR) is 101 cm³/mol. The fourth-order valence-electron chi connectivity index (χ4n) is 2.73. The summed E-state index contributed by atoms with van der Waals surface area (Å²) in [6.45, 7) is 2.93. The maximum Gasteiger partial charge on any atom is 0.491 e. The van der Waals surface area contributed by atoms with E-state index in [-0.39, 0.29) is 5.46 Å². The average Bonchev–Trinajstić information content (AvgIpc) is 2.61. The SMILES string of the molecule is CCCCCCCCOc1ccc(-c2ccc(B(O)O)c(F)c2)cc1. The molecule has 0 bridgehead atoms. The van der Waals surface area contributed by atoms with E-state index in [0.29, 0.717) is 12.2 Å². The van der Waals surface area contributed by atoms with Crippen LogP contribution in [0.15, 0.2) is 42.5 Å². The van der Waals surface area contributed by atoms with Crippen LogP contribution in [0.4, 0.5) is 4.39 Å². The van der Waals surface area contributed by atoms with E-state index >= 15 is 0 Å². The number of rotatable bonds is 10. The van der Waals surface area contributed by atoms with Gasteiger partial charge in [-0.1, -0.05) is 63.3 Å². The Labute approximate surface area is 149 Å². The zero-order valence-electron chi connectivity index (χ0n) is 14.7. The van der Waals surface area contributed by atoms with Crippen LogP contribution >= 0.6 is 0 Å². The zero-order valence-corrected chi connectivity index (χ0v) is 14.7. The lowest BCUT2D eigenvalue weighted by Crippen LogP contribution is -2.32. The molecule has 5 heteroatoms. The van der Waals surface area contributed by atoms with Gasteiger partial charge in [-0.2, -0.15) is 0 Å². The first-order valence-corrected chi connectivity index (χ1v) is 9.00. The van der Waals surface area contributed by atoms with Crippen LogP contribution in [0.3, 0.4) is 0 Å². The highest BCUT2D eigenvalue weighted by atomic mass is 19.1. The lowest BCUT2D eigenvalue weighted by atomic mass is 9.79. The van der Waals surface area contributed by atoms with Gasteiger partial charge in [-0.25, -0.2) is 4.39 Å². The molecule has 0 spiro atoms. The van der Waals surface area contributed by atoms with Gasteiger partial charge in [0.2, 0.25) is 0 Å². The number of halogens is 1. The van der Waals surface area contributed by atoms with Gasteiger partial charge in [0.15, 0.2) is 0 Å². The number of unbranched alkanes of at least 4 members (excludes halogenated alkanes) is 5. The third-order valence-corrected chi connectivity index (χ3v) is 4.23. The molecule has 0 amide bonds. The minimum Gasteiger partial charge on any atom is -0.494 e. The Morgan fingerprint density at radius 3 is 2.16 bits per heavy atom. The molecule has 2 aromatic rings. The molecule has 0 saturated heterocycles. The van der Waals surface area contributed by atoms with E-state index in [9.17, 15) is 4.39 Å². The lowest BCUT2D eigenvalue weighted by molar-refractivity contribution is 0.304. The van der Waals surface area contributed by atoms with E-state index in [2.05, 4.69) is 6.92 Å². The largest absolute Gasteiger partial charge is 0.494 e. The Kier molecular flexibility index (Phi) is 7.96. The fourth-order valence-corrected chi connectivity index (χ4v) is 2.73. The summed E-state index contributed by atoms with van der Waals surface area (Å²) in [5.41, 5.74) is 1.41. The van der Waals surface area contributed by atoms with Crippen LogP contribution in [0.1, 0.15) is 45.4 Å². The van der Waals surface area contributed by atoms with Gasteiger partial charge in [-0.05, 0) is 35.7 Å². The molecule has 2 rings (SSSR count). The number of ether oxygens (including phenoxy) is 1. The van der Waals surface area contributed by atoms with Gasteiger partial charge in [0.05, 0.1) is 6.61 Å². The van der Waals surface area contributed by atoms with Crippen LogP contribution in [-0.2, 0) is 0 Å². The Morgan fingerprint density at radius 2 is 1.52 bits per heavy atom. The molecule has 0 fully saturated rings. The minimum atomic E-state index is -1.80. The van der Waals surface area contributed by atoms with E-state index in [1.54, 1.807) is 6.07 Å². The second kappa shape index (κ2) is 10.2. The van der Waals surface area contributed by atoms with E-state index in [4.69, 9.17) is 14.8 Å². The highest BCUT2D eigenvalue weighted by Gasteiger charge is 2.16. The number of benzene rings is 2. The van der Waals surface area contributed by atoms with Crippen LogP contribution in [0.5, 0.6) is 5.75 Å². The molecule has 0 saturated carbocycles. The van der Waals surface area contributed by atoms with Gasteiger partial charge >= 0.3 is 7.12 Å². The third-order valence-electron chi connectivity index (χ3n) is 4.23. The summed E-state index contributed by atoms with van der Waals surface area (Å²) >= 11 is 0. The van der Waals surface area contributed by atoms with Crippen molar-refractivity contribution in [3.8, 4) is 16.9 Å². The van der Waals surface area contributed by atoms with E-state index < -0.39 is 12.9 Å². The monoisotopic (exact) mass is 344 g/mol.